The van der Waals surface area contributed by atoms with Crippen molar-refractivity contribution >= 4 is 34.0 Å². The van der Waals surface area contributed by atoms with Gasteiger partial charge in [0, 0.05) is 17.8 Å². The molecule has 1 saturated carbocycles. The van der Waals surface area contributed by atoms with Crippen molar-refractivity contribution in [3.8, 4) is 0 Å². The molecule has 0 saturated heterocycles. The molecular formula is C16H26ClN3O3S. The molecule has 2 rings (SSSR count). The van der Waals surface area contributed by atoms with Crippen molar-refractivity contribution in [3.05, 3.63) is 29.8 Å². The molecule has 4 N–H and O–H groups in total. The molecule has 1 aliphatic rings. The molecule has 136 valence electrons. The highest BCUT2D eigenvalue weighted by atomic mass is 35.5. The van der Waals surface area contributed by atoms with Crippen LogP contribution in [0.2, 0.25) is 0 Å². The van der Waals surface area contributed by atoms with Gasteiger partial charge in [-0.15, -0.1) is 12.4 Å². The normalized spacial score (nSPS) is 16.6. The molecule has 1 aromatic rings. The van der Waals surface area contributed by atoms with Gasteiger partial charge in [-0.25, -0.2) is 8.42 Å². The molecule has 1 aliphatic carbocycles. The van der Waals surface area contributed by atoms with Gasteiger partial charge in [0.25, 0.3) is 5.91 Å². The predicted molar refractivity (Wildman–Crippen MR) is 99.0 cm³/mol. The van der Waals surface area contributed by atoms with Gasteiger partial charge >= 0.3 is 0 Å². The van der Waals surface area contributed by atoms with Crippen LogP contribution in [-0.4, -0.2) is 32.2 Å². The Labute approximate surface area is 150 Å². The molecular weight excluding hydrogens is 350 g/mol. The molecule has 1 unspecified atom stereocenters. The summed E-state index contributed by atoms with van der Waals surface area (Å²) in [6, 6.07) is 6.51. The van der Waals surface area contributed by atoms with E-state index < -0.39 is 15.6 Å². The average Bonchev–Trinajstić information content (AvgIpc) is 3.31. The van der Waals surface area contributed by atoms with Gasteiger partial charge < -0.3 is 11.1 Å². The van der Waals surface area contributed by atoms with Crippen molar-refractivity contribution in [2.75, 3.05) is 17.0 Å². The van der Waals surface area contributed by atoms with Gasteiger partial charge in [-0.1, -0.05) is 13.0 Å². The van der Waals surface area contributed by atoms with E-state index in [0.29, 0.717) is 30.1 Å². The van der Waals surface area contributed by atoms with Crippen LogP contribution in [0.3, 0.4) is 0 Å². The van der Waals surface area contributed by atoms with E-state index in [1.807, 2.05) is 6.92 Å². The van der Waals surface area contributed by atoms with Gasteiger partial charge in [-0.05, 0) is 50.3 Å². The van der Waals surface area contributed by atoms with Crippen LogP contribution < -0.4 is 15.8 Å². The van der Waals surface area contributed by atoms with Gasteiger partial charge in [0.2, 0.25) is 10.0 Å². The topological polar surface area (TPSA) is 101 Å². The van der Waals surface area contributed by atoms with Crippen LogP contribution in [0.1, 0.15) is 43.5 Å². The number of amides is 1. The van der Waals surface area contributed by atoms with Gasteiger partial charge in [0.1, 0.15) is 0 Å². The van der Waals surface area contributed by atoms with Crippen LogP contribution in [0.4, 0.5) is 5.69 Å². The summed E-state index contributed by atoms with van der Waals surface area (Å²) in [7, 11) is -3.37. The number of hydrogen-bond acceptors (Lipinski definition) is 4. The minimum atomic E-state index is -3.37. The Hall–Kier alpha value is -1.31. The summed E-state index contributed by atoms with van der Waals surface area (Å²) in [5.41, 5.74) is 6.22. The molecule has 0 spiro atoms. The molecule has 1 aromatic carbocycles. The van der Waals surface area contributed by atoms with Crippen LogP contribution in [0.5, 0.6) is 0 Å². The quantitative estimate of drug-likeness (QED) is 0.647. The molecule has 1 fully saturated rings. The zero-order chi connectivity index (χ0) is 17.1. The monoisotopic (exact) mass is 375 g/mol. The Morgan fingerprint density at radius 1 is 1.38 bits per heavy atom. The minimum Gasteiger partial charge on any atom is -0.345 e. The zero-order valence-corrected chi connectivity index (χ0v) is 15.7. The fourth-order valence-corrected chi connectivity index (χ4v) is 3.72. The third kappa shape index (κ3) is 5.36. The summed E-state index contributed by atoms with van der Waals surface area (Å²) in [4.78, 5) is 12.5. The summed E-state index contributed by atoms with van der Waals surface area (Å²) >= 11 is 0. The highest BCUT2D eigenvalue weighted by molar-refractivity contribution is 7.92. The van der Waals surface area contributed by atoms with E-state index in [2.05, 4.69) is 10.0 Å². The summed E-state index contributed by atoms with van der Waals surface area (Å²) in [6.45, 7) is 4.14. The molecule has 24 heavy (non-hydrogen) atoms. The van der Waals surface area contributed by atoms with E-state index in [9.17, 15) is 13.2 Å². The summed E-state index contributed by atoms with van der Waals surface area (Å²) < 4.78 is 26.1. The number of sulfonamides is 1. The number of hydrogen-bond donors (Lipinski definition) is 3. The average molecular weight is 376 g/mol. The Morgan fingerprint density at radius 3 is 2.58 bits per heavy atom. The largest absolute Gasteiger partial charge is 0.345 e. The van der Waals surface area contributed by atoms with Crippen LogP contribution in [-0.2, 0) is 10.0 Å². The summed E-state index contributed by atoms with van der Waals surface area (Å²) in [5, 5.41) is 3.00. The van der Waals surface area contributed by atoms with E-state index in [0.717, 1.165) is 12.8 Å². The first-order valence-corrected chi connectivity index (χ1v) is 9.58. The number of carbonyl (C=O) groups excluding carboxylic acids is 1. The number of halogens is 1. The van der Waals surface area contributed by atoms with E-state index in [4.69, 9.17) is 5.73 Å². The maximum atomic E-state index is 12.5. The molecule has 0 bridgehead atoms. The predicted octanol–water partition coefficient (Wildman–Crippen LogP) is 2.12. The standard InChI is InChI=1S/C16H25N3O3S.ClH/c1-3-9-23(21,22)19-14-6-4-5-12(10-14)15(20)18-16(2,11-17)13-7-8-13;/h4-6,10,13,19H,3,7-9,11,17H2,1-2H3,(H,18,20);1H. The van der Waals surface area contributed by atoms with Gasteiger partial charge in [-0.3, -0.25) is 9.52 Å². The van der Waals surface area contributed by atoms with E-state index >= 15 is 0 Å². The van der Waals surface area contributed by atoms with Crippen molar-refractivity contribution in [1.29, 1.82) is 0 Å². The number of nitrogens with two attached hydrogens (primary N) is 1. The molecule has 1 atom stereocenters. The second kappa shape index (κ2) is 8.18. The first-order valence-electron chi connectivity index (χ1n) is 7.93. The molecule has 0 aromatic heterocycles. The Kier molecular flexibility index (Phi) is 7.07. The zero-order valence-electron chi connectivity index (χ0n) is 14.0. The van der Waals surface area contributed by atoms with Crippen molar-refractivity contribution < 1.29 is 13.2 Å². The van der Waals surface area contributed by atoms with Crippen LogP contribution >= 0.6 is 12.4 Å². The molecule has 6 nitrogen and oxygen atoms in total. The van der Waals surface area contributed by atoms with Gasteiger partial charge in [-0.2, -0.15) is 0 Å². The number of nitrogens with one attached hydrogen (secondary N) is 2. The van der Waals surface area contributed by atoms with Crippen molar-refractivity contribution in [3.63, 3.8) is 0 Å². The highest BCUT2D eigenvalue weighted by Gasteiger charge is 2.41. The lowest BCUT2D eigenvalue weighted by molar-refractivity contribution is 0.0898. The SMILES string of the molecule is CCCS(=O)(=O)Nc1cccc(C(=O)NC(C)(CN)C2CC2)c1.Cl. The lowest BCUT2D eigenvalue weighted by Gasteiger charge is -2.29. The van der Waals surface area contributed by atoms with Crippen LogP contribution in [0, 0.1) is 5.92 Å². The third-order valence-corrected chi connectivity index (χ3v) is 5.66. The van der Waals surface area contributed by atoms with Crippen LogP contribution in [0.15, 0.2) is 24.3 Å². The maximum Gasteiger partial charge on any atom is 0.251 e. The van der Waals surface area contributed by atoms with E-state index in [1.54, 1.807) is 31.2 Å². The summed E-state index contributed by atoms with van der Waals surface area (Å²) in [6.07, 6.45) is 2.68. The molecule has 0 aliphatic heterocycles. The van der Waals surface area contributed by atoms with Gasteiger partial charge in [0.05, 0.1) is 11.3 Å². The fraction of sp³-hybridized carbons (Fsp3) is 0.562. The lowest BCUT2D eigenvalue weighted by Crippen LogP contribution is -2.53. The number of benzene rings is 1. The lowest BCUT2D eigenvalue weighted by atomic mass is 9.95. The smallest absolute Gasteiger partial charge is 0.251 e. The number of carbonyl (C=O) groups is 1. The molecule has 8 heteroatoms. The number of rotatable bonds is 8. The molecule has 1 amide bonds. The van der Waals surface area contributed by atoms with Gasteiger partial charge in [0.15, 0.2) is 0 Å². The third-order valence-electron chi connectivity index (χ3n) is 4.17. The summed E-state index contributed by atoms with van der Waals surface area (Å²) in [5.74, 6) is 0.236. The van der Waals surface area contributed by atoms with Crippen molar-refractivity contribution in [1.82, 2.24) is 5.32 Å². The molecule has 0 radical (unpaired) electrons. The van der Waals surface area contributed by atoms with Crippen molar-refractivity contribution in [2.45, 2.75) is 38.6 Å². The second-order valence-electron chi connectivity index (χ2n) is 6.35. The first kappa shape index (κ1) is 20.7. The van der Waals surface area contributed by atoms with Crippen LogP contribution in [0.25, 0.3) is 0 Å². The second-order valence-corrected chi connectivity index (χ2v) is 8.19. The highest BCUT2D eigenvalue weighted by Crippen LogP contribution is 2.39. The Balaban J connectivity index is 0.00000288. The first-order chi connectivity index (χ1) is 10.8. The number of anilines is 1. The van der Waals surface area contributed by atoms with E-state index in [-0.39, 0.29) is 24.1 Å². The van der Waals surface area contributed by atoms with E-state index in [1.165, 1.54) is 0 Å². The minimum absolute atomic E-state index is 0. The van der Waals surface area contributed by atoms with Crippen molar-refractivity contribution in [2.24, 2.45) is 11.7 Å². The maximum absolute atomic E-state index is 12.5. The Bertz CT molecular complexity index is 677. The molecule has 0 heterocycles. The Morgan fingerprint density at radius 2 is 2.04 bits per heavy atom. The fourth-order valence-electron chi connectivity index (χ4n) is 2.59.